The van der Waals surface area contributed by atoms with Gasteiger partial charge in [-0.05, 0) is 6.92 Å². The average molecular weight is 321 g/mol. The fraction of sp³-hybridized carbons (Fsp3) is 0.600. The molecule has 4 unspecified atom stereocenters. The van der Waals surface area contributed by atoms with Gasteiger partial charge in [-0.1, -0.05) is 0 Å². The summed E-state index contributed by atoms with van der Waals surface area (Å²) in [6, 6.07) is 0. The van der Waals surface area contributed by atoms with Crippen molar-refractivity contribution >= 4 is 7.82 Å². The van der Waals surface area contributed by atoms with Crippen molar-refractivity contribution in [3.63, 3.8) is 0 Å². The normalized spacial score (nSPS) is 35.0. The molecule has 2 saturated heterocycles. The molecule has 3 rings (SSSR count). The van der Waals surface area contributed by atoms with E-state index in [1.807, 2.05) is 0 Å². The second-order valence-electron chi connectivity index (χ2n) is 4.75. The molecule has 2 aliphatic heterocycles. The van der Waals surface area contributed by atoms with Gasteiger partial charge in [0.1, 0.15) is 18.4 Å². The van der Waals surface area contributed by atoms with Gasteiger partial charge in [-0.15, -0.1) is 0 Å². The molecule has 0 bridgehead atoms. The first-order chi connectivity index (χ1) is 9.35. The predicted molar refractivity (Wildman–Crippen MR) is 70.3 cm³/mol. The maximum absolute atomic E-state index is 11.8. The van der Waals surface area contributed by atoms with Gasteiger partial charge >= 0.3 is 13.5 Å². The van der Waals surface area contributed by atoms with Gasteiger partial charge in [0.25, 0.3) is 5.56 Å². The van der Waals surface area contributed by atoms with E-state index in [-0.39, 0.29) is 19.2 Å². The third-order valence-corrected chi connectivity index (χ3v) is 4.32. The van der Waals surface area contributed by atoms with Crippen LogP contribution in [0, 0.1) is 6.92 Å². The number of phosphoric ester groups is 1. The Balaban J connectivity index is 0.00000161. The van der Waals surface area contributed by atoms with Crippen LogP contribution in [-0.4, -0.2) is 33.3 Å². The van der Waals surface area contributed by atoms with E-state index in [0.29, 0.717) is 5.56 Å². The monoisotopic (exact) mass is 321 g/mol. The molecule has 1 aromatic heterocycles. The second kappa shape index (κ2) is 5.48. The molecule has 0 amide bonds. The maximum atomic E-state index is 11.8. The summed E-state index contributed by atoms with van der Waals surface area (Å²) in [6.45, 7) is 1.49. The summed E-state index contributed by atoms with van der Waals surface area (Å²) in [5.41, 5.74) is -0.688. The van der Waals surface area contributed by atoms with Crippen LogP contribution in [-0.2, 0) is 18.3 Å². The number of H-pyrrole nitrogens is 1. The van der Waals surface area contributed by atoms with Crippen LogP contribution in [0.15, 0.2) is 15.8 Å². The third kappa shape index (κ3) is 3.00. The summed E-state index contributed by atoms with van der Waals surface area (Å²) >= 11 is 0. The standard InChI is InChI=1S/C10H13N2O7P.H3N/c1-5-3-12(10(14)11-9(5)13)8-2-6-7(18-8)4-17-20(15,16)19-6;/h3,6-8H,2,4H2,1H3,(H,15,16)(H,11,13,14);1H3. The lowest BCUT2D eigenvalue weighted by Gasteiger charge is -2.26. The predicted octanol–water partition coefficient (Wildman–Crippen LogP) is -0.190. The van der Waals surface area contributed by atoms with Crippen LogP contribution in [0.5, 0.6) is 0 Å². The molecule has 21 heavy (non-hydrogen) atoms. The van der Waals surface area contributed by atoms with E-state index in [0.717, 1.165) is 0 Å². The van der Waals surface area contributed by atoms with Crippen LogP contribution in [0.1, 0.15) is 18.2 Å². The number of aryl methyl sites for hydroxylation is 1. The lowest BCUT2D eigenvalue weighted by Crippen LogP contribution is -2.34. The van der Waals surface area contributed by atoms with Gasteiger partial charge in [0, 0.05) is 18.2 Å². The number of fused-ring (bicyclic) bond motifs is 1. The van der Waals surface area contributed by atoms with Crippen LogP contribution in [0.25, 0.3) is 0 Å². The highest BCUT2D eigenvalue weighted by Crippen LogP contribution is 2.52. The minimum absolute atomic E-state index is 0. The quantitative estimate of drug-likeness (QED) is 0.601. The van der Waals surface area contributed by atoms with E-state index in [4.69, 9.17) is 9.26 Å². The van der Waals surface area contributed by atoms with E-state index in [9.17, 15) is 19.0 Å². The van der Waals surface area contributed by atoms with E-state index < -0.39 is 37.5 Å². The molecule has 0 radical (unpaired) electrons. The first-order valence-electron chi connectivity index (χ1n) is 5.99. The van der Waals surface area contributed by atoms with Gasteiger partial charge in [0.15, 0.2) is 0 Å². The van der Waals surface area contributed by atoms with Crippen molar-refractivity contribution in [1.82, 2.24) is 15.7 Å². The molecule has 2 fully saturated rings. The number of phosphoric acid groups is 1. The molecule has 0 spiro atoms. The van der Waals surface area contributed by atoms with Gasteiger partial charge in [-0.25, -0.2) is 9.36 Å². The third-order valence-electron chi connectivity index (χ3n) is 3.31. The van der Waals surface area contributed by atoms with Gasteiger partial charge in [0.2, 0.25) is 0 Å². The Hall–Kier alpha value is -1.29. The number of hydrogen-bond donors (Lipinski definition) is 3. The Labute approximate surface area is 118 Å². The molecule has 3 heterocycles. The number of aromatic amines is 1. The van der Waals surface area contributed by atoms with E-state index in [2.05, 4.69) is 9.51 Å². The van der Waals surface area contributed by atoms with Crippen molar-refractivity contribution in [2.75, 3.05) is 6.61 Å². The number of ether oxygens (including phenoxy) is 1. The molecule has 1 aromatic rings. The van der Waals surface area contributed by atoms with Crippen molar-refractivity contribution in [2.45, 2.75) is 31.8 Å². The Bertz CT molecular complexity index is 699. The Kier molecular flexibility index (Phi) is 4.20. The zero-order valence-corrected chi connectivity index (χ0v) is 12.1. The summed E-state index contributed by atoms with van der Waals surface area (Å²) in [4.78, 5) is 34.5. The molecule has 0 saturated carbocycles. The second-order valence-corrected chi connectivity index (χ2v) is 6.16. The highest BCUT2D eigenvalue weighted by Gasteiger charge is 2.46. The molecule has 4 atom stereocenters. The summed E-state index contributed by atoms with van der Waals surface area (Å²) in [5.74, 6) is 0. The van der Waals surface area contributed by atoms with Crippen LogP contribution >= 0.6 is 7.82 Å². The van der Waals surface area contributed by atoms with Crippen LogP contribution < -0.4 is 17.4 Å². The number of aromatic nitrogens is 2. The van der Waals surface area contributed by atoms with Gasteiger partial charge in [-0.2, -0.15) is 0 Å². The molecular formula is C10H16N3O7P. The zero-order valence-electron chi connectivity index (χ0n) is 11.2. The SMILES string of the molecule is Cc1cn(C2CC3OP(=O)(O)OCC3O2)c(=O)[nH]c1=O.N. The Morgan fingerprint density at radius 2 is 2.14 bits per heavy atom. The molecule has 118 valence electrons. The first-order valence-corrected chi connectivity index (χ1v) is 7.48. The fourth-order valence-electron chi connectivity index (χ4n) is 2.30. The summed E-state index contributed by atoms with van der Waals surface area (Å²) in [6.07, 6.45) is -0.196. The van der Waals surface area contributed by atoms with E-state index >= 15 is 0 Å². The maximum Gasteiger partial charge on any atom is 0.472 e. The molecular weight excluding hydrogens is 305 g/mol. The number of hydrogen-bond acceptors (Lipinski definition) is 7. The largest absolute Gasteiger partial charge is 0.472 e. The molecule has 0 aromatic carbocycles. The molecule has 10 nitrogen and oxygen atoms in total. The van der Waals surface area contributed by atoms with Crippen molar-refractivity contribution in [3.8, 4) is 0 Å². The highest BCUT2D eigenvalue weighted by molar-refractivity contribution is 7.47. The highest BCUT2D eigenvalue weighted by atomic mass is 31.2. The zero-order chi connectivity index (χ0) is 14.5. The molecule has 5 N–H and O–H groups in total. The van der Waals surface area contributed by atoms with Crippen LogP contribution in [0.3, 0.4) is 0 Å². The minimum Gasteiger partial charge on any atom is -0.349 e. The molecule has 0 aliphatic carbocycles. The van der Waals surface area contributed by atoms with E-state index in [1.165, 1.54) is 10.8 Å². The van der Waals surface area contributed by atoms with Crippen molar-refractivity contribution in [3.05, 3.63) is 32.6 Å². The summed E-state index contributed by atoms with van der Waals surface area (Å²) in [5, 5.41) is 0. The van der Waals surface area contributed by atoms with Crippen LogP contribution in [0.2, 0.25) is 0 Å². The summed E-state index contributed by atoms with van der Waals surface area (Å²) < 4.78 is 27.7. The number of nitrogens with zero attached hydrogens (tertiary/aromatic N) is 1. The molecule has 11 heteroatoms. The van der Waals surface area contributed by atoms with Crippen molar-refractivity contribution in [1.29, 1.82) is 0 Å². The van der Waals surface area contributed by atoms with Crippen LogP contribution in [0.4, 0.5) is 0 Å². The topological polar surface area (TPSA) is 155 Å². The average Bonchev–Trinajstić information content (AvgIpc) is 2.74. The van der Waals surface area contributed by atoms with Crippen molar-refractivity contribution < 1.29 is 23.2 Å². The number of nitrogens with one attached hydrogen (secondary N) is 1. The van der Waals surface area contributed by atoms with E-state index in [1.54, 1.807) is 6.92 Å². The lowest BCUT2D eigenvalue weighted by molar-refractivity contribution is -0.0680. The summed E-state index contributed by atoms with van der Waals surface area (Å²) in [7, 11) is -4.03. The van der Waals surface area contributed by atoms with Gasteiger partial charge in [0.05, 0.1) is 6.61 Å². The van der Waals surface area contributed by atoms with Gasteiger partial charge < -0.3 is 15.8 Å². The Morgan fingerprint density at radius 1 is 1.43 bits per heavy atom. The van der Waals surface area contributed by atoms with Gasteiger partial charge in [-0.3, -0.25) is 23.4 Å². The number of rotatable bonds is 1. The molecule has 2 aliphatic rings. The minimum atomic E-state index is -4.03. The smallest absolute Gasteiger partial charge is 0.349 e. The first kappa shape index (κ1) is 16.1. The lowest BCUT2D eigenvalue weighted by atomic mass is 10.2. The Morgan fingerprint density at radius 3 is 2.86 bits per heavy atom. The van der Waals surface area contributed by atoms with Crippen molar-refractivity contribution in [2.24, 2.45) is 0 Å². The fourth-order valence-corrected chi connectivity index (χ4v) is 3.26.